The number of nitrogens with two attached hydrogens (primary N) is 1. The van der Waals surface area contributed by atoms with E-state index in [1.807, 2.05) is 22.5 Å². The molecule has 0 bridgehead atoms. The second kappa shape index (κ2) is 4.05. The first kappa shape index (κ1) is 10.4. The lowest BCUT2D eigenvalue weighted by Gasteiger charge is -2.17. The molecule has 2 N–H and O–H groups in total. The minimum absolute atomic E-state index is 0.339. The molecule has 0 aliphatic carbocycles. The van der Waals surface area contributed by atoms with Gasteiger partial charge in [-0.05, 0) is 0 Å². The van der Waals surface area contributed by atoms with Crippen LogP contribution >= 0.6 is 11.8 Å². The molecule has 0 saturated carbocycles. The summed E-state index contributed by atoms with van der Waals surface area (Å²) in [6.07, 6.45) is 3.64. The van der Waals surface area contributed by atoms with Gasteiger partial charge in [0.2, 0.25) is 0 Å². The topological polar surface area (TPSA) is 43.8 Å². The molecule has 0 unspecified atom stereocenters. The maximum atomic E-state index is 5.50. The highest BCUT2D eigenvalue weighted by atomic mass is 32.2. The summed E-state index contributed by atoms with van der Waals surface area (Å²) in [6, 6.07) is 0. The van der Waals surface area contributed by atoms with E-state index >= 15 is 0 Å². The molecule has 1 rings (SSSR count). The summed E-state index contributed by atoms with van der Waals surface area (Å²) < 4.78 is 2.36. The van der Waals surface area contributed by atoms with Crippen LogP contribution in [0.2, 0.25) is 0 Å². The van der Waals surface area contributed by atoms with Crippen molar-refractivity contribution in [1.82, 2.24) is 9.55 Å². The minimum Gasteiger partial charge on any atom is -0.382 e. The Morgan fingerprint density at radius 1 is 1.54 bits per heavy atom. The summed E-state index contributed by atoms with van der Waals surface area (Å²) in [6.45, 7) is 7.64. The molecule has 4 heteroatoms. The molecule has 1 aromatic heterocycles. The molecule has 74 valence electrons. The number of hydrogen-bond acceptors (Lipinski definition) is 3. The van der Waals surface area contributed by atoms with E-state index in [9.17, 15) is 0 Å². The number of aromatic nitrogens is 2. The Balaban J connectivity index is 2.28. The van der Waals surface area contributed by atoms with Crippen molar-refractivity contribution in [2.45, 2.75) is 32.1 Å². The van der Waals surface area contributed by atoms with E-state index in [0.29, 0.717) is 10.6 Å². The van der Waals surface area contributed by atoms with Crippen LogP contribution in [0.5, 0.6) is 0 Å². The summed E-state index contributed by atoms with van der Waals surface area (Å²) in [7, 11) is 0. The lowest BCUT2D eigenvalue weighted by atomic mass is 10.3. The molecule has 0 spiro atoms. The van der Waals surface area contributed by atoms with Crippen LogP contribution in [0.15, 0.2) is 12.5 Å². The van der Waals surface area contributed by atoms with Crippen LogP contribution < -0.4 is 5.73 Å². The first-order valence-corrected chi connectivity index (χ1v) is 5.37. The van der Waals surface area contributed by atoms with E-state index in [1.54, 1.807) is 6.33 Å². The Hall–Kier alpha value is -0.640. The normalized spacial score (nSPS) is 11.9. The van der Waals surface area contributed by atoms with E-state index in [1.165, 1.54) is 0 Å². The number of thioether (sulfide) groups is 1. The monoisotopic (exact) mass is 199 g/mol. The van der Waals surface area contributed by atoms with E-state index in [2.05, 4.69) is 25.8 Å². The second-order valence-corrected chi connectivity index (χ2v) is 5.92. The van der Waals surface area contributed by atoms with Crippen LogP contribution in [-0.4, -0.2) is 20.1 Å². The summed E-state index contributed by atoms with van der Waals surface area (Å²) >= 11 is 1.95. The quantitative estimate of drug-likeness (QED) is 0.809. The van der Waals surface area contributed by atoms with Gasteiger partial charge in [0.25, 0.3) is 0 Å². The van der Waals surface area contributed by atoms with Gasteiger partial charge in [0.15, 0.2) is 0 Å². The SMILES string of the molecule is CC(C)(C)SCCn1cnc(N)c1. The number of anilines is 1. The van der Waals surface area contributed by atoms with Gasteiger partial charge in [-0.15, -0.1) is 0 Å². The van der Waals surface area contributed by atoms with Crippen molar-refractivity contribution in [2.75, 3.05) is 11.5 Å². The van der Waals surface area contributed by atoms with Gasteiger partial charge < -0.3 is 10.3 Å². The molecule has 13 heavy (non-hydrogen) atoms. The Labute approximate surface area is 83.7 Å². The smallest absolute Gasteiger partial charge is 0.141 e. The Morgan fingerprint density at radius 2 is 2.23 bits per heavy atom. The van der Waals surface area contributed by atoms with Gasteiger partial charge in [-0.25, -0.2) is 4.98 Å². The highest BCUT2D eigenvalue weighted by molar-refractivity contribution is 8.00. The number of rotatable bonds is 3. The molecule has 3 nitrogen and oxygen atoms in total. The van der Waals surface area contributed by atoms with Gasteiger partial charge in [-0.2, -0.15) is 11.8 Å². The van der Waals surface area contributed by atoms with E-state index in [0.717, 1.165) is 12.3 Å². The number of aryl methyl sites for hydroxylation is 1. The average Bonchev–Trinajstić information content (AvgIpc) is 2.33. The fraction of sp³-hybridized carbons (Fsp3) is 0.667. The molecule has 1 heterocycles. The molecular formula is C9H17N3S. The second-order valence-electron chi connectivity index (χ2n) is 4.00. The van der Waals surface area contributed by atoms with Crippen molar-refractivity contribution in [3.8, 4) is 0 Å². The van der Waals surface area contributed by atoms with Gasteiger partial charge in [0.05, 0.1) is 6.33 Å². The molecule has 0 aliphatic rings. The average molecular weight is 199 g/mol. The van der Waals surface area contributed by atoms with Crippen LogP contribution in [0.1, 0.15) is 20.8 Å². The highest BCUT2D eigenvalue weighted by Gasteiger charge is 2.09. The molecule has 0 amide bonds. The van der Waals surface area contributed by atoms with Crippen molar-refractivity contribution in [2.24, 2.45) is 0 Å². The van der Waals surface area contributed by atoms with Gasteiger partial charge in [-0.3, -0.25) is 0 Å². The minimum atomic E-state index is 0.339. The standard InChI is InChI=1S/C9H17N3S/c1-9(2,3)13-5-4-12-6-8(10)11-7-12/h6-7H,4-5,10H2,1-3H3. The Kier molecular flexibility index (Phi) is 3.25. The zero-order valence-corrected chi connectivity index (χ0v) is 9.27. The fourth-order valence-corrected chi connectivity index (χ4v) is 1.87. The van der Waals surface area contributed by atoms with Gasteiger partial charge >= 0.3 is 0 Å². The zero-order valence-electron chi connectivity index (χ0n) is 8.45. The third-order valence-electron chi connectivity index (χ3n) is 1.54. The van der Waals surface area contributed by atoms with Gasteiger partial charge in [0, 0.05) is 23.2 Å². The van der Waals surface area contributed by atoms with Crippen molar-refractivity contribution in [3.63, 3.8) is 0 Å². The Bertz CT molecular complexity index is 262. The van der Waals surface area contributed by atoms with E-state index in [4.69, 9.17) is 5.73 Å². The third-order valence-corrected chi connectivity index (χ3v) is 2.79. The highest BCUT2D eigenvalue weighted by Crippen LogP contribution is 2.22. The van der Waals surface area contributed by atoms with Gasteiger partial charge in [-0.1, -0.05) is 20.8 Å². The van der Waals surface area contributed by atoms with Crippen LogP contribution in [0.25, 0.3) is 0 Å². The number of hydrogen-bond donors (Lipinski definition) is 1. The molecule has 1 aromatic rings. The third kappa shape index (κ3) is 4.22. The van der Waals surface area contributed by atoms with Crippen LogP contribution in [0.3, 0.4) is 0 Å². The number of nitrogen functional groups attached to an aromatic ring is 1. The van der Waals surface area contributed by atoms with E-state index in [-0.39, 0.29) is 0 Å². The molecule has 0 atom stereocenters. The lowest BCUT2D eigenvalue weighted by molar-refractivity contribution is 0.753. The predicted molar refractivity (Wildman–Crippen MR) is 58.9 cm³/mol. The lowest BCUT2D eigenvalue weighted by Crippen LogP contribution is -2.10. The van der Waals surface area contributed by atoms with E-state index < -0.39 is 0 Å². The largest absolute Gasteiger partial charge is 0.382 e. The molecule has 0 saturated heterocycles. The van der Waals surface area contributed by atoms with Gasteiger partial charge in [0.1, 0.15) is 5.82 Å². The molecule has 0 radical (unpaired) electrons. The number of nitrogens with zero attached hydrogens (tertiary/aromatic N) is 2. The summed E-state index contributed by atoms with van der Waals surface area (Å²) in [5, 5.41) is 0. The van der Waals surface area contributed by atoms with Crippen molar-refractivity contribution >= 4 is 17.6 Å². The van der Waals surface area contributed by atoms with Crippen LogP contribution in [-0.2, 0) is 6.54 Å². The summed E-state index contributed by atoms with van der Waals surface area (Å²) in [5.41, 5.74) is 5.50. The van der Waals surface area contributed by atoms with Crippen LogP contribution in [0, 0.1) is 0 Å². The predicted octanol–water partition coefficient (Wildman–Crippen LogP) is 2.00. The summed E-state index contributed by atoms with van der Waals surface area (Å²) in [4.78, 5) is 3.96. The first-order valence-electron chi connectivity index (χ1n) is 4.38. The fourth-order valence-electron chi connectivity index (χ4n) is 0.957. The van der Waals surface area contributed by atoms with Crippen molar-refractivity contribution in [1.29, 1.82) is 0 Å². The van der Waals surface area contributed by atoms with Crippen molar-refractivity contribution in [3.05, 3.63) is 12.5 Å². The molecule has 0 fully saturated rings. The maximum absolute atomic E-state index is 5.50. The zero-order chi connectivity index (χ0) is 9.90. The first-order chi connectivity index (χ1) is 5.97. The van der Waals surface area contributed by atoms with Crippen LogP contribution in [0.4, 0.5) is 5.82 Å². The summed E-state index contributed by atoms with van der Waals surface area (Å²) in [5.74, 6) is 1.69. The molecular weight excluding hydrogens is 182 g/mol. The Morgan fingerprint density at radius 3 is 2.69 bits per heavy atom. The number of imidazole rings is 1. The van der Waals surface area contributed by atoms with Crippen molar-refractivity contribution < 1.29 is 0 Å². The molecule has 0 aliphatic heterocycles. The maximum Gasteiger partial charge on any atom is 0.141 e. The molecule has 0 aromatic carbocycles.